The third-order valence-corrected chi connectivity index (χ3v) is 4.03. The van der Waals surface area contributed by atoms with Gasteiger partial charge in [0, 0.05) is 35.8 Å². The second-order valence-corrected chi connectivity index (χ2v) is 6.22. The maximum Gasteiger partial charge on any atom is 0.166 e. The molecule has 0 atom stereocenters. The Morgan fingerprint density at radius 1 is 1.04 bits per heavy atom. The van der Waals surface area contributed by atoms with Gasteiger partial charge in [-0.2, -0.15) is 0 Å². The minimum absolute atomic E-state index is 0.407. The molecular formula is C19H25ClN2O2. The monoisotopic (exact) mass is 348 g/mol. The Kier molecular flexibility index (Phi) is 7.37. The van der Waals surface area contributed by atoms with Crippen LogP contribution in [-0.2, 0) is 13.2 Å². The number of rotatable bonds is 9. The first-order valence-electron chi connectivity index (χ1n) is 7.99. The van der Waals surface area contributed by atoms with Gasteiger partial charge in [-0.25, -0.2) is 0 Å². The van der Waals surface area contributed by atoms with Gasteiger partial charge < -0.3 is 19.7 Å². The molecule has 0 amide bonds. The molecule has 2 rings (SSSR count). The zero-order valence-corrected chi connectivity index (χ0v) is 15.3. The molecule has 2 aromatic rings. The second kappa shape index (κ2) is 9.52. The summed E-state index contributed by atoms with van der Waals surface area (Å²) in [6.07, 6.45) is 0. The summed E-state index contributed by atoms with van der Waals surface area (Å²) in [5.41, 5.74) is 2.02. The molecule has 0 saturated carbocycles. The number of methoxy groups -OCH3 is 1. The fraction of sp³-hybridized carbons (Fsp3) is 0.368. The van der Waals surface area contributed by atoms with E-state index >= 15 is 0 Å². The molecule has 5 heteroatoms. The molecule has 0 aromatic heterocycles. The van der Waals surface area contributed by atoms with Crippen LogP contribution in [0.25, 0.3) is 0 Å². The normalized spacial score (nSPS) is 10.9. The van der Waals surface area contributed by atoms with Gasteiger partial charge >= 0.3 is 0 Å². The van der Waals surface area contributed by atoms with Crippen LogP contribution in [-0.4, -0.2) is 39.2 Å². The van der Waals surface area contributed by atoms with E-state index in [1.54, 1.807) is 7.11 Å². The second-order valence-electron chi connectivity index (χ2n) is 5.81. The molecular weight excluding hydrogens is 324 g/mol. The lowest BCUT2D eigenvalue weighted by atomic mass is 10.1. The fourth-order valence-corrected chi connectivity index (χ4v) is 2.51. The lowest BCUT2D eigenvalue weighted by Crippen LogP contribution is -2.26. The van der Waals surface area contributed by atoms with Crippen molar-refractivity contribution in [1.29, 1.82) is 0 Å². The Morgan fingerprint density at radius 2 is 1.79 bits per heavy atom. The summed E-state index contributed by atoms with van der Waals surface area (Å²) in [7, 11) is 5.78. The van der Waals surface area contributed by atoms with Crippen LogP contribution >= 0.6 is 11.6 Å². The predicted molar refractivity (Wildman–Crippen MR) is 99.0 cm³/mol. The topological polar surface area (TPSA) is 33.7 Å². The van der Waals surface area contributed by atoms with E-state index in [9.17, 15) is 0 Å². The highest BCUT2D eigenvalue weighted by Gasteiger charge is 2.11. The summed E-state index contributed by atoms with van der Waals surface area (Å²) >= 11 is 6.21. The Balaban J connectivity index is 2.07. The van der Waals surface area contributed by atoms with Crippen molar-refractivity contribution in [3.05, 3.63) is 58.6 Å². The van der Waals surface area contributed by atoms with E-state index in [2.05, 4.69) is 24.3 Å². The smallest absolute Gasteiger partial charge is 0.166 e. The van der Waals surface area contributed by atoms with Gasteiger partial charge in [0.2, 0.25) is 0 Å². The van der Waals surface area contributed by atoms with Crippen LogP contribution < -0.4 is 14.8 Å². The van der Waals surface area contributed by atoms with Gasteiger partial charge in [0.1, 0.15) is 6.61 Å². The number of para-hydroxylation sites is 1. The molecule has 0 aliphatic rings. The van der Waals surface area contributed by atoms with Gasteiger partial charge in [0.25, 0.3) is 0 Å². The Morgan fingerprint density at radius 3 is 2.50 bits per heavy atom. The number of hydrogen-bond acceptors (Lipinski definition) is 4. The van der Waals surface area contributed by atoms with Crippen molar-refractivity contribution in [3.63, 3.8) is 0 Å². The number of nitrogens with one attached hydrogen (secondary N) is 1. The van der Waals surface area contributed by atoms with Crippen molar-refractivity contribution >= 4 is 11.6 Å². The van der Waals surface area contributed by atoms with E-state index in [4.69, 9.17) is 21.1 Å². The molecule has 0 fully saturated rings. The standard InChI is InChI=1S/C19H25ClN2O2/c1-22(2)12-11-21-13-15-8-6-10-18(23-3)19(15)24-14-16-7-4-5-9-17(16)20/h4-10,21H,11-14H2,1-3H3. The van der Waals surface area contributed by atoms with Gasteiger partial charge in [-0.15, -0.1) is 0 Å². The minimum atomic E-state index is 0.407. The van der Waals surface area contributed by atoms with Crippen LogP contribution in [0.2, 0.25) is 5.02 Å². The van der Waals surface area contributed by atoms with Crippen LogP contribution in [0.1, 0.15) is 11.1 Å². The zero-order valence-electron chi connectivity index (χ0n) is 14.5. The highest BCUT2D eigenvalue weighted by atomic mass is 35.5. The van der Waals surface area contributed by atoms with Crippen molar-refractivity contribution in [1.82, 2.24) is 10.2 Å². The van der Waals surface area contributed by atoms with Crippen LogP contribution in [0.5, 0.6) is 11.5 Å². The summed E-state index contributed by atoms with van der Waals surface area (Å²) in [5, 5.41) is 4.14. The average molecular weight is 349 g/mol. The van der Waals surface area contributed by atoms with E-state index in [0.29, 0.717) is 11.6 Å². The summed E-state index contributed by atoms with van der Waals surface area (Å²) in [5.74, 6) is 1.49. The Labute approximate surface area is 149 Å². The first-order valence-corrected chi connectivity index (χ1v) is 8.37. The Bertz CT molecular complexity index is 647. The van der Waals surface area contributed by atoms with E-state index in [0.717, 1.165) is 42.3 Å². The van der Waals surface area contributed by atoms with Gasteiger partial charge in [-0.1, -0.05) is 41.9 Å². The summed E-state index contributed by atoms with van der Waals surface area (Å²) < 4.78 is 11.5. The number of halogens is 1. The molecule has 0 bridgehead atoms. The highest BCUT2D eigenvalue weighted by Crippen LogP contribution is 2.32. The quantitative estimate of drug-likeness (QED) is 0.702. The summed E-state index contributed by atoms with van der Waals surface area (Å²) in [6, 6.07) is 13.6. The number of ether oxygens (including phenoxy) is 2. The van der Waals surface area contributed by atoms with Crippen LogP contribution in [0.4, 0.5) is 0 Å². The molecule has 24 heavy (non-hydrogen) atoms. The largest absolute Gasteiger partial charge is 0.493 e. The zero-order chi connectivity index (χ0) is 17.4. The van der Waals surface area contributed by atoms with E-state index in [1.165, 1.54) is 0 Å². The Hall–Kier alpha value is -1.75. The highest BCUT2D eigenvalue weighted by molar-refractivity contribution is 6.31. The molecule has 0 heterocycles. The van der Waals surface area contributed by atoms with Crippen molar-refractivity contribution in [3.8, 4) is 11.5 Å². The fourth-order valence-electron chi connectivity index (χ4n) is 2.32. The minimum Gasteiger partial charge on any atom is -0.493 e. The molecule has 1 N–H and O–H groups in total. The molecule has 0 aliphatic carbocycles. The molecule has 2 aromatic carbocycles. The molecule has 0 saturated heterocycles. The first-order chi connectivity index (χ1) is 11.6. The van der Waals surface area contributed by atoms with Crippen LogP contribution in [0.15, 0.2) is 42.5 Å². The van der Waals surface area contributed by atoms with Crippen LogP contribution in [0, 0.1) is 0 Å². The predicted octanol–water partition coefficient (Wildman–Crippen LogP) is 3.58. The number of likely N-dealkylation sites (N-methyl/N-ethyl adjacent to an activating group) is 1. The van der Waals surface area contributed by atoms with Crippen molar-refractivity contribution in [2.45, 2.75) is 13.2 Å². The first kappa shape index (κ1) is 18.6. The SMILES string of the molecule is COc1cccc(CNCCN(C)C)c1OCc1ccccc1Cl. The van der Waals surface area contributed by atoms with E-state index in [-0.39, 0.29) is 0 Å². The van der Waals surface area contributed by atoms with E-state index < -0.39 is 0 Å². The molecule has 0 spiro atoms. The summed E-state index contributed by atoms with van der Waals surface area (Å²) in [6.45, 7) is 3.03. The third-order valence-electron chi connectivity index (χ3n) is 3.66. The molecule has 0 radical (unpaired) electrons. The average Bonchev–Trinajstić information content (AvgIpc) is 2.58. The van der Waals surface area contributed by atoms with Crippen molar-refractivity contribution in [2.75, 3.05) is 34.3 Å². The van der Waals surface area contributed by atoms with Gasteiger partial charge in [0.05, 0.1) is 7.11 Å². The van der Waals surface area contributed by atoms with Gasteiger partial charge in [0.15, 0.2) is 11.5 Å². The lowest BCUT2D eigenvalue weighted by molar-refractivity contribution is 0.280. The molecule has 0 unspecified atom stereocenters. The molecule has 130 valence electrons. The van der Waals surface area contributed by atoms with Crippen LogP contribution in [0.3, 0.4) is 0 Å². The lowest BCUT2D eigenvalue weighted by Gasteiger charge is -2.16. The molecule has 0 aliphatic heterocycles. The maximum atomic E-state index is 6.21. The molecule has 4 nitrogen and oxygen atoms in total. The number of hydrogen-bond donors (Lipinski definition) is 1. The summed E-state index contributed by atoms with van der Waals surface area (Å²) in [4.78, 5) is 2.15. The van der Waals surface area contributed by atoms with Gasteiger partial charge in [-0.3, -0.25) is 0 Å². The number of benzene rings is 2. The third kappa shape index (κ3) is 5.41. The van der Waals surface area contributed by atoms with Crippen molar-refractivity contribution in [2.24, 2.45) is 0 Å². The van der Waals surface area contributed by atoms with Crippen molar-refractivity contribution < 1.29 is 9.47 Å². The number of nitrogens with zero attached hydrogens (tertiary/aromatic N) is 1. The van der Waals surface area contributed by atoms with Gasteiger partial charge in [-0.05, 0) is 26.2 Å². The van der Waals surface area contributed by atoms with E-state index in [1.807, 2.05) is 42.5 Å². The maximum absolute atomic E-state index is 6.21.